The first-order valence-corrected chi connectivity index (χ1v) is 9.63. The van der Waals surface area contributed by atoms with Crippen molar-refractivity contribution in [2.45, 2.75) is 26.5 Å². The fourth-order valence-corrected chi connectivity index (χ4v) is 3.74. The highest BCUT2D eigenvalue weighted by Crippen LogP contribution is 2.36. The van der Waals surface area contributed by atoms with Crippen LogP contribution in [0.15, 0.2) is 48.8 Å². The third kappa shape index (κ3) is 3.68. The standard InChI is InChI=1S/C23H26N2O3/c1-16-12-21(26-3)17(2)11-20(16)23-22(18-7-5-4-6-8-18)24-15-25(23)13-19-14-27-9-10-28-19/h4-8,11-12,15,19H,9-10,13-14H2,1-3H3/t19-/m0/s1. The minimum absolute atomic E-state index is 0.0324. The Kier molecular flexibility index (Phi) is 5.46. The molecule has 2 heterocycles. The van der Waals surface area contributed by atoms with Crippen molar-refractivity contribution in [1.29, 1.82) is 0 Å². The number of aryl methyl sites for hydroxylation is 2. The largest absolute Gasteiger partial charge is 0.496 e. The van der Waals surface area contributed by atoms with Crippen LogP contribution in [-0.2, 0) is 16.0 Å². The maximum absolute atomic E-state index is 5.88. The summed E-state index contributed by atoms with van der Waals surface area (Å²) >= 11 is 0. The first kappa shape index (κ1) is 18.7. The average Bonchev–Trinajstić information content (AvgIpc) is 3.14. The van der Waals surface area contributed by atoms with Gasteiger partial charge in [0.25, 0.3) is 0 Å². The molecular weight excluding hydrogens is 352 g/mol. The van der Waals surface area contributed by atoms with Crippen molar-refractivity contribution in [2.24, 2.45) is 0 Å². The van der Waals surface area contributed by atoms with Gasteiger partial charge < -0.3 is 18.8 Å². The molecule has 0 bridgehead atoms. The summed E-state index contributed by atoms with van der Waals surface area (Å²) in [6, 6.07) is 14.6. The maximum atomic E-state index is 5.88. The van der Waals surface area contributed by atoms with Crippen molar-refractivity contribution < 1.29 is 14.2 Å². The van der Waals surface area contributed by atoms with E-state index in [1.54, 1.807) is 7.11 Å². The van der Waals surface area contributed by atoms with Crippen LogP contribution in [0.3, 0.4) is 0 Å². The Morgan fingerprint density at radius 2 is 1.93 bits per heavy atom. The van der Waals surface area contributed by atoms with E-state index in [0.29, 0.717) is 26.4 Å². The number of hydrogen-bond acceptors (Lipinski definition) is 4. The summed E-state index contributed by atoms with van der Waals surface area (Å²) < 4.78 is 19.2. The first-order chi connectivity index (χ1) is 13.7. The summed E-state index contributed by atoms with van der Waals surface area (Å²) in [6.45, 7) is 6.81. The summed E-state index contributed by atoms with van der Waals surface area (Å²) in [6.07, 6.45) is 1.94. The molecule has 0 saturated carbocycles. The van der Waals surface area contributed by atoms with E-state index in [1.807, 2.05) is 24.5 Å². The monoisotopic (exact) mass is 378 g/mol. The summed E-state index contributed by atoms with van der Waals surface area (Å²) in [5.41, 5.74) is 6.60. The Labute approximate surface area is 165 Å². The molecule has 1 fully saturated rings. The quantitative estimate of drug-likeness (QED) is 0.666. The normalized spacial score (nSPS) is 16.9. The Bertz CT molecular complexity index is 944. The molecule has 3 aromatic rings. The van der Waals surface area contributed by atoms with Crippen molar-refractivity contribution >= 4 is 0 Å². The van der Waals surface area contributed by atoms with Gasteiger partial charge in [0, 0.05) is 11.1 Å². The number of imidazole rings is 1. The van der Waals surface area contributed by atoms with E-state index >= 15 is 0 Å². The zero-order valence-electron chi connectivity index (χ0n) is 16.6. The number of rotatable bonds is 5. The smallest absolute Gasteiger partial charge is 0.122 e. The zero-order chi connectivity index (χ0) is 19.5. The highest BCUT2D eigenvalue weighted by atomic mass is 16.6. The fraction of sp³-hybridized carbons (Fsp3) is 0.348. The van der Waals surface area contributed by atoms with Crippen molar-refractivity contribution in [3.8, 4) is 28.3 Å². The van der Waals surface area contributed by atoms with Crippen molar-refractivity contribution in [3.63, 3.8) is 0 Å². The van der Waals surface area contributed by atoms with Crippen molar-refractivity contribution in [3.05, 3.63) is 59.9 Å². The summed E-state index contributed by atoms with van der Waals surface area (Å²) in [4.78, 5) is 4.78. The van der Waals surface area contributed by atoms with Gasteiger partial charge in [0.1, 0.15) is 5.75 Å². The maximum Gasteiger partial charge on any atom is 0.122 e. The van der Waals surface area contributed by atoms with E-state index < -0.39 is 0 Å². The first-order valence-electron chi connectivity index (χ1n) is 9.63. The molecule has 1 saturated heterocycles. The van der Waals surface area contributed by atoms with E-state index in [1.165, 1.54) is 0 Å². The highest BCUT2D eigenvalue weighted by Gasteiger charge is 2.22. The van der Waals surface area contributed by atoms with Gasteiger partial charge in [-0.15, -0.1) is 0 Å². The highest BCUT2D eigenvalue weighted by molar-refractivity contribution is 5.81. The molecule has 4 rings (SSSR count). The van der Waals surface area contributed by atoms with E-state index in [-0.39, 0.29) is 6.10 Å². The molecular formula is C23H26N2O3. The number of methoxy groups -OCH3 is 1. The molecule has 5 nitrogen and oxygen atoms in total. The molecule has 0 radical (unpaired) electrons. The van der Waals surface area contributed by atoms with Crippen LogP contribution >= 0.6 is 0 Å². The predicted molar refractivity (Wildman–Crippen MR) is 110 cm³/mol. The lowest BCUT2D eigenvalue weighted by atomic mass is 9.98. The number of aromatic nitrogens is 2. The molecule has 1 aliphatic rings. The minimum Gasteiger partial charge on any atom is -0.496 e. The number of hydrogen-bond donors (Lipinski definition) is 0. The molecule has 28 heavy (non-hydrogen) atoms. The molecule has 0 aliphatic carbocycles. The average molecular weight is 378 g/mol. The zero-order valence-corrected chi connectivity index (χ0v) is 16.6. The molecule has 0 amide bonds. The third-order valence-electron chi connectivity index (χ3n) is 5.17. The van der Waals surface area contributed by atoms with Gasteiger partial charge >= 0.3 is 0 Å². The van der Waals surface area contributed by atoms with E-state index in [4.69, 9.17) is 19.2 Å². The molecule has 5 heteroatoms. The van der Waals surface area contributed by atoms with Gasteiger partial charge in [-0.05, 0) is 37.1 Å². The van der Waals surface area contributed by atoms with Crippen LogP contribution in [0.1, 0.15) is 11.1 Å². The summed E-state index contributed by atoms with van der Waals surface area (Å²) in [5.74, 6) is 0.901. The van der Waals surface area contributed by atoms with Crippen LogP contribution in [-0.4, -0.2) is 42.6 Å². The van der Waals surface area contributed by atoms with Gasteiger partial charge in [0.15, 0.2) is 0 Å². The van der Waals surface area contributed by atoms with Gasteiger partial charge in [-0.1, -0.05) is 30.3 Å². The minimum atomic E-state index is 0.0324. The Hall–Kier alpha value is -2.63. The topological polar surface area (TPSA) is 45.5 Å². The Morgan fingerprint density at radius 1 is 1.11 bits per heavy atom. The van der Waals surface area contributed by atoms with Gasteiger partial charge in [-0.3, -0.25) is 0 Å². The molecule has 0 N–H and O–H groups in total. The van der Waals surface area contributed by atoms with Crippen LogP contribution < -0.4 is 4.74 Å². The van der Waals surface area contributed by atoms with Gasteiger partial charge in [-0.25, -0.2) is 4.98 Å². The fourth-order valence-electron chi connectivity index (χ4n) is 3.74. The molecule has 146 valence electrons. The Balaban J connectivity index is 1.83. The molecule has 1 aliphatic heterocycles. The molecule has 1 atom stereocenters. The van der Waals surface area contributed by atoms with Crippen molar-refractivity contribution in [1.82, 2.24) is 9.55 Å². The third-order valence-corrected chi connectivity index (χ3v) is 5.17. The summed E-state index contributed by atoms with van der Waals surface area (Å²) in [7, 11) is 1.71. The molecule has 1 aromatic heterocycles. The summed E-state index contributed by atoms with van der Waals surface area (Å²) in [5, 5.41) is 0. The second-order valence-electron chi connectivity index (χ2n) is 7.16. The molecule has 0 unspecified atom stereocenters. The lowest BCUT2D eigenvalue weighted by molar-refractivity contribution is -0.0934. The van der Waals surface area contributed by atoms with Crippen LogP contribution in [0.2, 0.25) is 0 Å². The van der Waals surface area contributed by atoms with Crippen LogP contribution in [0.25, 0.3) is 22.5 Å². The number of nitrogens with zero attached hydrogens (tertiary/aromatic N) is 2. The second-order valence-corrected chi connectivity index (χ2v) is 7.16. The Morgan fingerprint density at radius 3 is 2.64 bits per heavy atom. The van der Waals surface area contributed by atoms with Gasteiger partial charge in [0.05, 0.1) is 57.3 Å². The second kappa shape index (κ2) is 8.17. The SMILES string of the molecule is COc1cc(C)c(-c2c(-c3ccccc3)ncn2C[C@H]2COCCO2)cc1C. The predicted octanol–water partition coefficient (Wildman–Crippen LogP) is 4.26. The lowest BCUT2D eigenvalue weighted by Gasteiger charge is -2.24. The van der Waals surface area contributed by atoms with Crippen LogP contribution in [0.5, 0.6) is 5.75 Å². The van der Waals surface area contributed by atoms with Gasteiger partial charge in [-0.2, -0.15) is 0 Å². The van der Waals surface area contributed by atoms with E-state index in [0.717, 1.165) is 39.4 Å². The lowest BCUT2D eigenvalue weighted by Crippen LogP contribution is -2.32. The van der Waals surface area contributed by atoms with Gasteiger partial charge in [0.2, 0.25) is 0 Å². The van der Waals surface area contributed by atoms with E-state index in [2.05, 4.69) is 42.7 Å². The van der Waals surface area contributed by atoms with Crippen molar-refractivity contribution in [2.75, 3.05) is 26.9 Å². The molecule has 2 aromatic carbocycles. The molecule has 0 spiro atoms. The number of benzene rings is 2. The number of ether oxygens (including phenoxy) is 3. The van der Waals surface area contributed by atoms with E-state index in [9.17, 15) is 0 Å². The van der Waals surface area contributed by atoms with Crippen LogP contribution in [0, 0.1) is 13.8 Å². The van der Waals surface area contributed by atoms with Crippen LogP contribution in [0.4, 0.5) is 0 Å².